The molecule has 0 saturated heterocycles. The second-order valence-electron chi connectivity index (χ2n) is 4.02. The number of nitrogens with zero attached hydrogens (tertiary/aromatic N) is 3. The number of hydrogen-bond acceptors (Lipinski definition) is 5. The molecule has 1 aromatic heterocycles. The standard InChI is InChI=1S/C12H9BrClN3O3/c1-6-7(2)12(16-15-11(6)14)20-10-5-8(17(18)19)3-4-9(10)13/h3-5H,1-2H3. The lowest BCUT2D eigenvalue weighted by molar-refractivity contribution is -0.384. The van der Waals surface area contributed by atoms with Gasteiger partial charge in [0.05, 0.1) is 15.5 Å². The molecule has 1 aromatic carbocycles. The fourth-order valence-corrected chi connectivity index (χ4v) is 1.95. The molecule has 0 bridgehead atoms. The number of halogens is 2. The van der Waals surface area contributed by atoms with E-state index in [2.05, 4.69) is 26.1 Å². The maximum atomic E-state index is 10.8. The summed E-state index contributed by atoms with van der Waals surface area (Å²) in [6.07, 6.45) is 0. The molecule has 0 saturated carbocycles. The van der Waals surface area contributed by atoms with Crippen LogP contribution in [0.4, 0.5) is 5.69 Å². The molecule has 2 aromatic rings. The third-order valence-electron chi connectivity index (χ3n) is 2.75. The van der Waals surface area contributed by atoms with Crippen molar-refractivity contribution in [3.8, 4) is 11.6 Å². The van der Waals surface area contributed by atoms with Crippen LogP contribution in [0.25, 0.3) is 0 Å². The average molecular weight is 359 g/mol. The van der Waals surface area contributed by atoms with E-state index in [9.17, 15) is 10.1 Å². The lowest BCUT2D eigenvalue weighted by Crippen LogP contribution is -1.98. The third kappa shape index (κ3) is 2.88. The van der Waals surface area contributed by atoms with Crippen LogP contribution in [0.15, 0.2) is 22.7 Å². The molecule has 0 atom stereocenters. The van der Waals surface area contributed by atoms with Crippen molar-refractivity contribution < 1.29 is 9.66 Å². The molecule has 6 nitrogen and oxygen atoms in total. The average Bonchev–Trinajstić information content (AvgIpc) is 2.41. The number of non-ortho nitro benzene ring substituents is 1. The van der Waals surface area contributed by atoms with Gasteiger partial charge in [-0.25, -0.2) is 0 Å². The number of nitro benzene ring substituents is 1. The zero-order valence-electron chi connectivity index (χ0n) is 10.6. The van der Waals surface area contributed by atoms with Crippen molar-refractivity contribution in [2.24, 2.45) is 0 Å². The quantitative estimate of drug-likeness (QED) is 0.606. The zero-order valence-corrected chi connectivity index (χ0v) is 12.9. The summed E-state index contributed by atoms with van der Waals surface area (Å²) in [6.45, 7) is 3.58. The molecule has 104 valence electrons. The summed E-state index contributed by atoms with van der Waals surface area (Å²) in [6, 6.07) is 4.23. The second kappa shape index (κ2) is 5.72. The van der Waals surface area contributed by atoms with Gasteiger partial charge >= 0.3 is 0 Å². The van der Waals surface area contributed by atoms with E-state index >= 15 is 0 Å². The number of benzene rings is 1. The first kappa shape index (κ1) is 14.7. The monoisotopic (exact) mass is 357 g/mol. The molecule has 2 rings (SSSR count). The van der Waals surface area contributed by atoms with Gasteiger partial charge in [0.1, 0.15) is 0 Å². The van der Waals surface area contributed by atoms with E-state index in [-0.39, 0.29) is 11.6 Å². The Hall–Kier alpha value is -1.73. The van der Waals surface area contributed by atoms with Crippen LogP contribution in [0.1, 0.15) is 11.1 Å². The molecular formula is C12H9BrClN3O3. The van der Waals surface area contributed by atoms with Gasteiger partial charge in [-0.15, -0.1) is 10.2 Å². The summed E-state index contributed by atoms with van der Waals surface area (Å²) in [4.78, 5) is 10.3. The van der Waals surface area contributed by atoms with Crippen molar-refractivity contribution in [3.63, 3.8) is 0 Å². The van der Waals surface area contributed by atoms with Crippen molar-refractivity contribution in [1.29, 1.82) is 0 Å². The van der Waals surface area contributed by atoms with E-state index in [1.54, 1.807) is 19.9 Å². The Kier molecular flexibility index (Phi) is 4.20. The molecule has 0 aliphatic carbocycles. The Morgan fingerprint density at radius 3 is 2.65 bits per heavy atom. The molecule has 0 aliphatic rings. The fraction of sp³-hybridized carbons (Fsp3) is 0.167. The number of ether oxygens (including phenoxy) is 1. The van der Waals surface area contributed by atoms with E-state index in [1.807, 2.05) is 0 Å². The Morgan fingerprint density at radius 1 is 1.30 bits per heavy atom. The molecule has 0 spiro atoms. The second-order valence-corrected chi connectivity index (χ2v) is 5.23. The fourth-order valence-electron chi connectivity index (χ4n) is 1.44. The van der Waals surface area contributed by atoms with Gasteiger partial charge in [-0.1, -0.05) is 11.6 Å². The van der Waals surface area contributed by atoms with Crippen LogP contribution in [0.3, 0.4) is 0 Å². The maximum Gasteiger partial charge on any atom is 0.273 e. The highest BCUT2D eigenvalue weighted by atomic mass is 79.9. The van der Waals surface area contributed by atoms with Gasteiger partial charge in [0.2, 0.25) is 5.88 Å². The van der Waals surface area contributed by atoms with Crippen LogP contribution in [-0.2, 0) is 0 Å². The summed E-state index contributed by atoms with van der Waals surface area (Å²) in [7, 11) is 0. The molecule has 0 fully saturated rings. The van der Waals surface area contributed by atoms with Crippen LogP contribution >= 0.6 is 27.5 Å². The molecule has 0 N–H and O–H groups in total. The highest BCUT2D eigenvalue weighted by molar-refractivity contribution is 9.10. The molecule has 0 unspecified atom stereocenters. The maximum absolute atomic E-state index is 10.8. The summed E-state index contributed by atoms with van der Waals surface area (Å²) in [5, 5.41) is 18.7. The zero-order chi connectivity index (χ0) is 14.9. The van der Waals surface area contributed by atoms with Crippen LogP contribution in [0, 0.1) is 24.0 Å². The summed E-state index contributed by atoms with van der Waals surface area (Å²) in [5.41, 5.74) is 1.40. The van der Waals surface area contributed by atoms with Crippen molar-refractivity contribution in [2.45, 2.75) is 13.8 Å². The van der Waals surface area contributed by atoms with Gasteiger partial charge in [-0.05, 0) is 41.4 Å². The lowest BCUT2D eigenvalue weighted by Gasteiger charge is -2.10. The van der Waals surface area contributed by atoms with E-state index in [4.69, 9.17) is 16.3 Å². The lowest BCUT2D eigenvalue weighted by atomic mass is 10.2. The predicted octanol–water partition coefficient (Wildman–Crippen LogP) is 4.21. The molecule has 20 heavy (non-hydrogen) atoms. The highest BCUT2D eigenvalue weighted by Crippen LogP contribution is 2.34. The minimum absolute atomic E-state index is 0.0699. The Labute approximate surface area is 128 Å². The van der Waals surface area contributed by atoms with Crippen LogP contribution < -0.4 is 4.74 Å². The van der Waals surface area contributed by atoms with E-state index < -0.39 is 4.92 Å². The van der Waals surface area contributed by atoms with Crippen molar-refractivity contribution in [3.05, 3.63) is 49.1 Å². The minimum atomic E-state index is -0.495. The summed E-state index contributed by atoms with van der Waals surface area (Å²) in [5.74, 6) is 0.548. The third-order valence-corrected chi connectivity index (χ3v) is 3.77. The molecular weight excluding hydrogens is 350 g/mol. The Balaban J connectivity index is 2.42. The van der Waals surface area contributed by atoms with Crippen LogP contribution in [-0.4, -0.2) is 15.1 Å². The molecule has 0 radical (unpaired) electrons. The van der Waals surface area contributed by atoms with Crippen molar-refractivity contribution in [2.75, 3.05) is 0 Å². The van der Waals surface area contributed by atoms with Gasteiger partial charge < -0.3 is 4.74 Å². The van der Waals surface area contributed by atoms with Gasteiger partial charge in [0.25, 0.3) is 5.69 Å². The Bertz CT molecular complexity index is 694. The molecule has 0 amide bonds. The highest BCUT2D eigenvalue weighted by Gasteiger charge is 2.15. The number of aromatic nitrogens is 2. The van der Waals surface area contributed by atoms with Gasteiger partial charge in [-0.2, -0.15) is 0 Å². The number of hydrogen-bond donors (Lipinski definition) is 0. The van der Waals surface area contributed by atoms with Crippen molar-refractivity contribution in [1.82, 2.24) is 10.2 Å². The first-order valence-corrected chi connectivity index (χ1v) is 6.68. The first-order chi connectivity index (χ1) is 9.40. The molecule has 0 aliphatic heterocycles. The Morgan fingerprint density at radius 2 is 2.00 bits per heavy atom. The topological polar surface area (TPSA) is 78.2 Å². The van der Waals surface area contributed by atoms with Gasteiger partial charge in [-0.3, -0.25) is 10.1 Å². The molecule has 8 heteroatoms. The van der Waals surface area contributed by atoms with Crippen LogP contribution in [0.5, 0.6) is 11.6 Å². The number of rotatable bonds is 3. The smallest absolute Gasteiger partial charge is 0.273 e. The largest absolute Gasteiger partial charge is 0.436 e. The SMILES string of the molecule is Cc1c(Cl)nnc(Oc2cc([N+](=O)[O-])ccc2Br)c1C. The normalized spacial score (nSPS) is 10.4. The minimum Gasteiger partial charge on any atom is -0.436 e. The number of nitro groups is 1. The first-order valence-electron chi connectivity index (χ1n) is 5.51. The van der Waals surface area contributed by atoms with Crippen LogP contribution in [0.2, 0.25) is 5.15 Å². The summed E-state index contributed by atoms with van der Waals surface area (Å²) < 4.78 is 6.16. The summed E-state index contributed by atoms with van der Waals surface area (Å²) >= 11 is 9.13. The molecule has 1 heterocycles. The van der Waals surface area contributed by atoms with Gasteiger partial charge in [0.15, 0.2) is 10.9 Å². The van der Waals surface area contributed by atoms with Gasteiger partial charge in [0, 0.05) is 11.6 Å². The van der Waals surface area contributed by atoms with E-state index in [0.29, 0.717) is 15.4 Å². The van der Waals surface area contributed by atoms with Crippen molar-refractivity contribution >= 4 is 33.2 Å². The van der Waals surface area contributed by atoms with E-state index in [0.717, 1.165) is 11.1 Å². The van der Waals surface area contributed by atoms with E-state index in [1.165, 1.54) is 12.1 Å². The predicted molar refractivity (Wildman–Crippen MR) is 77.4 cm³/mol.